The Morgan fingerprint density at radius 1 is 1.41 bits per heavy atom. The van der Waals surface area contributed by atoms with E-state index >= 15 is 0 Å². The summed E-state index contributed by atoms with van der Waals surface area (Å²) in [4.78, 5) is 12.0. The van der Waals surface area contributed by atoms with Crippen molar-refractivity contribution >= 4 is 5.78 Å². The van der Waals surface area contributed by atoms with Crippen LogP contribution in [0.5, 0.6) is 0 Å². The van der Waals surface area contributed by atoms with Gasteiger partial charge in [0.15, 0.2) is 0 Å². The van der Waals surface area contributed by atoms with Gasteiger partial charge in [0, 0.05) is 12.3 Å². The van der Waals surface area contributed by atoms with Gasteiger partial charge in [-0.05, 0) is 43.4 Å². The van der Waals surface area contributed by atoms with Crippen molar-refractivity contribution in [2.45, 2.75) is 58.5 Å². The molecule has 0 aromatic rings. The Labute approximate surface area is 104 Å². The zero-order valence-corrected chi connectivity index (χ0v) is 11.0. The lowest BCUT2D eigenvalue weighted by molar-refractivity contribution is -0.133. The predicted octanol–water partition coefficient (Wildman–Crippen LogP) is 3.10. The summed E-state index contributed by atoms with van der Waals surface area (Å²) in [7, 11) is 0. The van der Waals surface area contributed by atoms with Crippen molar-refractivity contribution in [3.8, 4) is 0 Å². The van der Waals surface area contributed by atoms with Crippen molar-refractivity contribution in [2.75, 3.05) is 0 Å². The first-order valence-electron chi connectivity index (χ1n) is 6.85. The van der Waals surface area contributed by atoms with Crippen LogP contribution in [-0.2, 0) is 4.79 Å². The van der Waals surface area contributed by atoms with Gasteiger partial charge in [0.1, 0.15) is 5.78 Å². The van der Waals surface area contributed by atoms with Gasteiger partial charge < -0.3 is 5.11 Å². The molecule has 2 aliphatic rings. The van der Waals surface area contributed by atoms with Gasteiger partial charge in [-0.2, -0.15) is 0 Å². The molecule has 2 aliphatic carbocycles. The lowest BCUT2D eigenvalue weighted by Crippen LogP contribution is -2.41. The third-order valence-electron chi connectivity index (χ3n) is 4.44. The maximum Gasteiger partial charge on any atom is 0.138 e. The SMILES string of the molecule is CC1(C)CCC(=O)C(C(O)C2CC=CCC2)C1. The van der Waals surface area contributed by atoms with Crippen molar-refractivity contribution in [1.29, 1.82) is 0 Å². The van der Waals surface area contributed by atoms with E-state index in [1.165, 1.54) is 0 Å². The summed E-state index contributed by atoms with van der Waals surface area (Å²) in [5, 5.41) is 10.4. The fraction of sp³-hybridized carbons (Fsp3) is 0.800. The molecule has 0 bridgehead atoms. The van der Waals surface area contributed by atoms with E-state index in [4.69, 9.17) is 0 Å². The van der Waals surface area contributed by atoms with Gasteiger partial charge in [0.05, 0.1) is 6.10 Å². The fourth-order valence-electron chi connectivity index (χ4n) is 3.23. The molecule has 2 rings (SSSR count). The number of aliphatic hydroxyl groups is 1. The first kappa shape index (κ1) is 12.8. The summed E-state index contributed by atoms with van der Waals surface area (Å²) in [6.45, 7) is 4.42. The minimum atomic E-state index is -0.424. The summed E-state index contributed by atoms with van der Waals surface area (Å²) >= 11 is 0. The van der Waals surface area contributed by atoms with Crippen LogP contribution < -0.4 is 0 Å². The molecule has 0 aliphatic heterocycles. The standard InChI is InChI=1S/C15H24O2/c1-15(2)9-8-13(16)12(10-15)14(17)11-6-4-3-5-7-11/h3-4,11-12,14,17H,5-10H2,1-2H3. The Morgan fingerprint density at radius 2 is 2.18 bits per heavy atom. The number of rotatable bonds is 2. The molecule has 1 N–H and O–H groups in total. The first-order chi connectivity index (χ1) is 7.99. The van der Waals surface area contributed by atoms with Crippen molar-refractivity contribution < 1.29 is 9.90 Å². The van der Waals surface area contributed by atoms with E-state index in [0.29, 0.717) is 12.3 Å². The predicted molar refractivity (Wildman–Crippen MR) is 68.6 cm³/mol. The second kappa shape index (κ2) is 4.93. The maximum absolute atomic E-state index is 12.0. The average Bonchev–Trinajstić information content (AvgIpc) is 2.33. The number of aliphatic hydroxyl groups excluding tert-OH is 1. The average molecular weight is 236 g/mol. The fourth-order valence-corrected chi connectivity index (χ4v) is 3.23. The molecule has 0 aromatic carbocycles. The number of carbonyl (C=O) groups excluding carboxylic acids is 1. The van der Waals surface area contributed by atoms with Crippen molar-refractivity contribution in [3.63, 3.8) is 0 Å². The van der Waals surface area contributed by atoms with Gasteiger partial charge >= 0.3 is 0 Å². The Kier molecular flexibility index (Phi) is 3.72. The Hall–Kier alpha value is -0.630. The molecule has 1 fully saturated rings. The normalized spacial score (nSPS) is 34.6. The summed E-state index contributed by atoms with van der Waals surface area (Å²) in [5.74, 6) is 0.462. The monoisotopic (exact) mass is 236 g/mol. The number of Topliss-reactive ketones (excluding diaryl/α,β-unsaturated/α-hetero) is 1. The molecular formula is C15H24O2. The molecule has 0 heterocycles. The summed E-state index contributed by atoms with van der Waals surface area (Å²) in [6.07, 6.45) is 9.39. The van der Waals surface area contributed by atoms with E-state index in [9.17, 15) is 9.90 Å². The zero-order valence-electron chi connectivity index (χ0n) is 11.0. The van der Waals surface area contributed by atoms with Crippen LogP contribution in [0.1, 0.15) is 52.4 Å². The minimum Gasteiger partial charge on any atom is -0.392 e. The van der Waals surface area contributed by atoms with Crippen LogP contribution in [0.25, 0.3) is 0 Å². The molecule has 0 spiro atoms. The highest BCUT2D eigenvalue weighted by atomic mass is 16.3. The van der Waals surface area contributed by atoms with Crippen LogP contribution in [0.4, 0.5) is 0 Å². The molecule has 1 saturated carbocycles. The Morgan fingerprint density at radius 3 is 2.82 bits per heavy atom. The molecule has 17 heavy (non-hydrogen) atoms. The quantitative estimate of drug-likeness (QED) is 0.748. The number of carbonyl (C=O) groups is 1. The molecule has 0 radical (unpaired) electrons. The highest BCUT2D eigenvalue weighted by molar-refractivity contribution is 5.82. The molecule has 0 aromatic heterocycles. The van der Waals surface area contributed by atoms with Crippen molar-refractivity contribution in [1.82, 2.24) is 0 Å². The Balaban J connectivity index is 2.03. The summed E-state index contributed by atoms with van der Waals surface area (Å²) in [6, 6.07) is 0. The van der Waals surface area contributed by atoms with Gasteiger partial charge in [-0.1, -0.05) is 26.0 Å². The summed E-state index contributed by atoms with van der Waals surface area (Å²) < 4.78 is 0. The van der Waals surface area contributed by atoms with Crippen molar-refractivity contribution in [2.24, 2.45) is 17.3 Å². The van der Waals surface area contributed by atoms with Crippen LogP contribution in [-0.4, -0.2) is 17.0 Å². The van der Waals surface area contributed by atoms with Gasteiger partial charge in [-0.3, -0.25) is 4.79 Å². The molecule has 3 unspecified atom stereocenters. The first-order valence-corrected chi connectivity index (χ1v) is 6.85. The highest BCUT2D eigenvalue weighted by Gasteiger charge is 2.39. The van der Waals surface area contributed by atoms with Crippen LogP contribution in [0, 0.1) is 17.3 Å². The van der Waals surface area contributed by atoms with Crippen LogP contribution in [0.3, 0.4) is 0 Å². The van der Waals surface area contributed by atoms with Gasteiger partial charge in [0.2, 0.25) is 0 Å². The molecule has 2 heteroatoms. The minimum absolute atomic E-state index is 0.116. The van der Waals surface area contributed by atoms with Crippen molar-refractivity contribution in [3.05, 3.63) is 12.2 Å². The second-order valence-corrected chi connectivity index (χ2v) is 6.48. The number of ketones is 1. The van der Waals surface area contributed by atoms with E-state index in [1.54, 1.807) is 0 Å². The number of allylic oxidation sites excluding steroid dienone is 2. The smallest absolute Gasteiger partial charge is 0.138 e. The lowest BCUT2D eigenvalue weighted by Gasteiger charge is -2.39. The van der Waals surface area contributed by atoms with Crippen LogP contribution >= 0.6 is 0 Å². The van der Waals surface area contributed by atoms with Gasteiger partial charge in [0.25, 0.3) is 0 Å². The van der Waals surface area contributed by atoms with E-state index in [0.717, 1.165) is 32.1 Å². The highest BCUT2D eigenvalue weighted by Crippen LogP contribution is 2.40. The Bertz CT molecular complexity index is 317. The molecule has 0 saturated heterocycles. The van der Waals surface area contributed by atoms with Gasteiger partial charge in [-0.15, -0.1) is 0 Å². The van der Waals surface area contributed by atoms with E-state index < -0.39 is 6.10 Å². The maximum atomic E-state index is 12.0. The lowest BCUT2D eigenvalue weighted by atomic mass is 9.67. The molecule has 3 atom stereocenters. The topological polar surface area (TPSA) is 37.3 Å². The van der Waals surface area contributed by atoms with E-state index in [-0.39, 0.29) is 17.1 Å². The van der Waals surface area contributed by atoms with Crippen LogP contribution in [0.15, 0.2) is 12.2 Å². The molecular weight excluding hydrogens is 212 g/mol. The molecule has 96 valence electrons. The van der Waals surface area contributed by atoms with Crippen LogP contribution in [0.2, 0.25) is 0 Å². The zero-order chi connectivity index (χ0) is 12.5. The number of hydrogen-bond acceptors (Lipinski definition) is 2. The third kappa shape index (κ3) is 2.98. The number of hydrogen-bond donors (Lipinski definition) is 1. The second-order valence-electron chi connectivity index (χ2n) is 6.48. The molecule has 2 nitrogen and oxygen atoms in total. The van der Waals surface area contributed by atoms with E-state index in [2.05, 4.69) is 26.0 Å². The van der Waals surface area contributed by atoms with E-state index in [1.807, 2.05) is 0 Å². The molecule has 0 amide bonds. The third-order valence-corrected chi connectivity index (χ3v) is 4.44. The summed E-state index contributed by atoms with van der Waals surface area (Å²) in [5.41, 5.74) is 0.212. The van der Waals surface area contributed by atoms with Gasteiger partial charge in [-0.25, -0.2) is 0 Å². The largest absolute Gasteiger partial charge is 0.392 e.